The number of para-hydroxylation sites is 2. The van der Waals surface area contributed by atoms with E-state index in [2.05, 4.69) is 122 Å². The number of thioether (sulfide) groups is 1. The maximum absolute atomic E-state index is 4.38. The van der Waals surface area contributed by atoms with Crippen molar-refractivity contribution < 1.29 is 0 Å². The molecule has 3 aromatic carbocycles. The van der Waals surface area contributed by atoms with Gasteiger partial charge in [-0.05, 0) is 55.0 Å². The van der Waals surface area contributed by atoms with E-state index in [1.807, 2.05) is 36.5 Å². The summed E-state index contributed by atoms with van der Waals surface area (Å²) in [4.78, 5) is 11.3. The second-order valence-electron chi connectivity index (χ2n) is 9.89. The lowest BCUT2D eigenvalue weighted by Crippen LogP contribution is -2.07. The molecule has 186 valence electrons. The summed E-state index contributed by atoms with van der Waals surface area (Å²) in [5.41, 5.74) is 6.03. The van der Waals surface area contributed by atoms with Crippen molar-refractivity contribution in [1.29, 1.82) is 0 Å². The Hall–Kier alpha value is -4.61. The number of rotatable bonds is 4. The van der Waals surface area contributed by atoms with Gasteiger partial charge in [0.25, 0.3) is 0 Å². The van der Waals surface area contributed by atoms with Crippen LogP contribution < -0.4 is 0 Å². The predicted octanol–water partition coefficient (Wildman–Crippen LogP) is 8.86. The smallest absolute Gasteiger partial charge is 0.0571 e. The maximum Gasteiger partial charge on any atom is 0.0571 e. The predicted molar refractivity (Wildman–Crippen MR) is 163 cm³/mol. The summed E-state index contributed by atoms with van der Waals surface area (Å²) in [5, 5.41) is 4.88. The average molecular weight is 521 g/mol. The van der Waals surface area contributed by atoms with Crippen LogP contribution in [0, 0.1) is 0 Å². The van der Waals surface area contributed by atoms with Gasteiger partial charge in [0.15, 0.2) is 0 Å². The number of pyridine rings is 2. The average Bonchev–Trinajstić information content (AvgIpc) is 3.51. The summed E-state index contributed by atoms with van der Waals surface area (Å²) in [5.74, 6) is 0. The topological polar surface area (TPSA) is 35.6 Å². The Kier molecular flexibility index (Phi) is 5.16. The minimum Gasteiger partial charge on any atom is -0.333 e. The van der Waals surface area contributed by atoms with Gasteiger partial charge in [0.2, 0.25) is 0 Å². The Balaban J connectivity index is 1.07. The van der Waals surface area contributed by atoms with E-state index in [9.17, 15) is 0 Å². The highest BCUT2D eigenvalue weighted by Crippen LogP contribution is 2.38. The van der Waals surface area contributed by atoms with E-state index in [0.29, 0.717) is 0 Å². The third kappa shape index (κ3) is 3.62. The van der Waals surface area contributed by atoms with Gasteiger partial charge >= 0.3 is 0 Å². The summed E-state index contributed by atoms with van der Waals surface area (Å²) >= 11 is 1.82. The molecule has 1 unspecified atom stereocenters. The quantitative estimate of drug-likeness (QED) is 0.232. The molecule has 39 heavy (non-hydrogen) atoms. The molecule has 0 N–H and O–H groups in total. The fourth-order valence-corrected chi connectivity index (χ4v) is 6.82. The first-order chi connectivity index (χ1) is 19.3. The van der Waals surface area contributed by atoms with Crippen molar-refractivity contribution in [3.05, 3.63) is 133 Å². The van der Waals surface area contributed by atoms with Gasteiger partial charge in [-0.15, -0.1) is 0 Å². The summed E-state index contributed by atoms with van der Waals surface area (Å²) in [7, 11) is 0. The lowest BCUT2D eigenvalue weighted by molar-refractivity contribution is 0.647. The SMILES string of the molecule is C1=CC(n2c3ccccc3c3cnccc32)CC=C1Sc1ccc(-n2c3ccccc3c3cnccc32)cc1. The third-order valence-corrected chi connectivity index (χ3v) is 8.74. The molecule has 1 atom stereocenters. The highest BCUT2D eigenvalue weighted by molar-refractivity contribution is 8.03. The Labute approximate surface area is 229 Å². The van der Waals surface area contributed by atoms with Crippen molar-refractivity contribution in [3.8, 4) is 5.69 Å². The van der Waals surface area contributed by atoms with Crippen LogP contribution in [0.5, 0.6) is 0 Å². The van der Waals surface area contributed by atoms with E-state index in [4.69, 9.17) is 0 Å². The van der Waals surface area contributed by atoms with Crippen molar-refractivity contribution in [1.82, 2.24) is 19.1 Å². The molecule has 0 radical (unpaired) electrons. The Morgan fingerprint density at radius 3 is 2.00 bits per heavy atom. The second-order valence-corrected chi connectivity index (χ2v) is 11.0. The lowest BCUT2D eigenvalue weighted by atomic mass is 10.1. The van der Waals surface area contributed by atoms with E-state index in [0.717, 1.165) is 12.1 Å². The Morgan fingerprint density at radius 2 is 1.26 bits per heavy atom. The number of fused-ring (bicyclic) bond motifs is 6. The minimum absolute atomic E-state index is 0.284. The molecule has 1 aliphatic carbocycles. The molecule has 4 heterocycles. The summed E-state index contributed by atoms with van der Waals surface area (Å²) in [6.45, 7) is 0. The van der Waals surface area contributed by atoms with Gasteiger partial charge in [-0.2, -0.15) is 0 Å². The van der Waals surface area contributed by atoms with Crippen LogP contribution in [0.2, 0.25) is 0 Å². The molecule has 4 aromatic heterocycles. The summed E-state index contributed by atoms with van der Waals surface area (Å²) in [6.07, 6.45) is 15.6. The normalized spacial score (nSPS) is 15.5. The van der Waals surface area contributed by atoms with Crippen LogP contribution in [0.4, 0.5) is 0 Å². The van der Waals surface area contributed by atoms with Gasteiger partial charge in [0.1, 0.15) is 0 Å². The largest absolute Gasteiger partial charge is 0.333 e. The fraction of sp³-hybridized carbons (Fsp3) is 0.0588. The summed E-state index contributed by atoms with van der Waals surface area (Å²) < 4.78 is 4.78. The van der Waals surface area contributed by atoms with Gasteiger partial charge < -0.3 is 9.13 Å². The molecule has 4 nitrogen and oxygen atoms in total. The van der Waals surface area contributed by atoms with Gasteiger partial charge in [-0.3, -0.25) is 9.97 Å². The van der Waals surface area contributed by atoms with E-state index in [-0.39, 0.29) is 6.04 Å². The first kappa shape index (κ1) is 22.4. The first-order valence-corrected chi connectivity index (χ1v) is 14.0. The number of hydrogen-bond donors (Lipinski definition) is 0. The fourth-order valence-electron chi connectivity index (χ4n) is 5.95. The van der Waals surface area contributed by atoms with Crippen LogP contribution in [0.3, 0.4) is 0 Å². The third-order valence-electron chi connectivity index (χ3n) is 7.69. The highest BCUT2D eigenvalue weighted by Gasteiger charge is 2.18. The number of allylic oxidation sites excluding steroid dienone is 3. The highest BCUT2D eigenvalue weighted by atomic mass is 32.2. The molecule has 0 aliphatic heterocycles. The zero-order valence-electron chi connectivity index (χ0n) is 21.1. The standard InChI is InChI=1S/C34H24N4S/c1-3-7-31-27(5-1)29-21-35-19-17-33(29)37(31)23-9-13-25(14-10-23)39-26-15-11-24(12-16-26)38-32-8-4-2-6-28(32)30-22-36-20-18-34(30)38/h1-11,13-22,24H,12H2. The van der Waals surface area contributed by atoms with E-state index in [1.165, 1.54) is 53.4 Å². The molecule has 7 aromatic rings. The minimum atomic E-state index is 0.284. The van der Waals surface area contributed by atoms with Gasteiger partial charge in [-0.25, -0.2) is 0 Å². The van der Waals surface area contributed by atoms with Crippen LogP contribution in [-0.4, -0.2) is 19.1 Å². The van der Waals surface area contributed by atoms with Crippen LogP contribution >= 0.6 is 11.8 Å². The molecule has 0 spiro atoms. The molecule has 0 amide bonds. The first-order valence-electron chi connectivity index (χ1n) is 13.2. The molecule has 0 saturated carbocycles. The molecule has 5 heteroatoms. The maximum atomic E-state index is 4.38. The van der Waals surface area contributed by atoms with E-state index >= 15 is 0 Å². The lowest BCUT2D eigenvalue weighted by Gasteiger charge is -2.20. The number of benzene rings is 3. The Bertz CT molecular complexity index is 1970. The Morgan fingerprint density at radius 1 is 0.641 bits per heavy atom. The van der Waals surface area contributed by atoms with Crippen molar-refractivity contribution in [2.24, 2.45) is 0 Å². The van der Waals surface area contributed by atoms with E-state index in [1.54, 1.807) is 0 Å². The van der Waals surface area contributed by atoms with Gasteiger partial charge in [0, 0.05) is 67.3 Å². The monoisotopic (exact) mass is 520 g/mol. The molecule has 8 rings (SSSR count). The van der Waals surface area contributed by atoms with Crippen LogP contribution in [0.15, 0.2) is 138 Å². The molecular formula is C34H24N4S. The zero-order chi connectivity index (χ0) is 25.8. The zero-order valence-corrected chi connectivity index (χ0v) is 21.9. The second kappa shape index (κ2) is 9.00. The van der Waals surface area contributed by atoms with Crippen molar-refractivity contribution >= 4 is 55.4 Å². The van der Waals surface area contributed by atoms with Gasteiger partial charge in [-0.1, -0.05) is 66.4 Å². The molecule has 0 bridgehead atoms. The number of aromatic nitrogens is 4. The number of nitrogens with zero attached hydrogens (tertiary/aromatic N) is 4. The summed E-state index contributed by atoms with van der Waals surface area (Å²) in [6, 6.07) is 30.6. The van der Waals surface area contributed by atoms with Crippen molar-refractivity contribution in [2.75, 3.05) is 0 Å². The number of hydrogen-bond acceptors (Lipinski definition) is 3. The van der Waals surface area contributed by atoms with Crippen LogP contribution in [-0.2, 0) is 0 Å². The van der Waals surface area contributed by atoms with Gasteiger partial charge in [0.05, 0.1) is 22.6 Å². The van der Waals surface area contributed by atoms with E-state index < -0.39 is 0 Å². The van der Waals surface area contributed by atoms with Crippen molar-refractivity contribution in [2.45, 2.75) is 17.4 Å². The van der Waals surface area contributed by atoms with Crippen molar-refractivity contribution in [3.63, 3.8) is 0 Å². The molecule has 0 saturated heterocycles. The molecule has 0 fully saturated rings. The molecular weight excluding hydrogens is 496 g/mol. The van der Waals surface area contributed by atoms with Crippen LogP contribution in [0.1, 0.15) is 12.5 Å². The molecule has 1 aliphatic rings. The van der Waals surface area contributed by atoms with Crippen LogP contribution in [0.25, 0.3) is 49.3 Å².